The van der Waals surface area contributed by atoms with E-state index in [0.29, 0.717) is 6.54 Å². The minimum atomic E-state index is -0.174. The summed E-state index contributed by atoms with van der Waals surface area (Å²) in [5, 5.41) is 8.55. The van der Waals surface area contributed by atoms with Gasteiger partial charge in [0.15, 0.2) is 0 Å². The monoisotopic (exact) mass is 333 g/mol. The Bertz CT molecular complexity index is 597. The minimum absolute atomic E-state index is 0.0811. The molecule has 2 N–H and O–H groups in total. The van der Waals surface area contributed by atoms with Crippen LogP contribution in [0.5, 0.6) is 5.75 Å². The van der Waals surface area contributed by atoms with Crippen LogP contribution in [0.3, 0.4) is 0 Å². The first kappa shape index (κ1) is 17.3. The normalized spacial score (nSPS) is 12.0. The molecule has 1 aromatic heterocycles. The Kier molecular flexibility index (Phi) is 6.40. The summed E-state index contributed by atoms with van der Waals surface area (Å²) in [6.45, 7) is 6.51. The molecule has 0 spiro atoms. The van der Waals surface area contributed by atoms with Crippen molar-refractivity contribution in [2.45, 2.75) is 39.3 Å². The molecule has 124 valence electrons. The number of thiazole rings is 1. The molecule has 0 aliphatic heterocycles. The summed E-state index contributed by atoms with van der Waals surface area (Å²) in [6.07, 6.45) is 2.69. The summed E-state index contributed by atoms with van der Waals surface area (Å²) in [4.78, 5) is 16.0. The van der Waals surface area contributed by atoms with E-state index in [-0.39, 0.29) is 18.2 Å². The van der Waals surface area contributed by atoms with Gasteiger partial charge in [0, 0.05) is 18.1 Å². The molecular weight excluding hydrogens is 310 g/mol. The van der Waals surface area contributed by atoms with E-state index in [1.807, 2.05) is 50.4 Å². The standard InChI is InChI=1S/C17H23N3O2S/c1-12(2)22-15-6-4-14(5-7-15)8-9-19-17(21)20-13(3)16-18-10-11-23-16/h4-7,10-13H,8-9H2,1-3H3,(H2,19,20,21)/t13-/m0/s1. The van der Waals surface area contributed by atoms with Crippen LogP contribution in [-0.2, 0) is 6.42 Å². The molecule has 0 aliphatic carbocycles. The number of ether oxygens (including phenoxy) is 1. The molecule has 1 atom stereocenters. The molecule has 6 heteroatoms. The van der Waals surface area contributed by atoms with Crippen LogP contribution in [0, 0.1) is 0 Å². The average Bonchev–Trinajstić information content (AvgIpc) is 3.03. The Labute approximate surface area is 141 Å². The second-order valence-electron chi connectivity index (χ2n) is 5.55. The summed E-state index contributed by atoms with van der Waals surface area (Å²) in [7, 11) is 0. The molecule has 2 rings (SSSR count). The molecular formula is C17H23N3O2S. The fraction of sp³-hybridized carbons (Fsp3) is 0.412. The highest BCUT2D eigenvalue weighted by Crippen LogP contribution is 2.15. The van der Waals surface area contributed by atoms with Crippen molar-refractivity contribution in [3.63, 3.8) is 0 Å². The lowest BCUT2D eigenvalue weighted by molar-refractivity contribution is 0.238. The van der Waals surface area contributed by atoms with Crippen LogP contribution in [0.1, 0.15) is 37.4 Å². The van der Waals surface area contributed by atoms with E-state index in [0.717, 1.165) is 22.7 Å². The molecule has 0 unspecified atom stereocenters. The van der Waals surface area contributed by atoms with Gasteiger partial charge >= 0.3 is 6.03 Å². The van der Waals surface area contributed by atoms with Crippen LogP contribution in [0.25, 0.3) is 0 Å². The van der Waals surface area contributed by atoms with Crippen LogP contribution >= 0.6 is 11.3 Å². The van der Waals surface area contributed by atoms with Gasteiger partial charge in [-0.05, 0) is 44.9 Å². The predicted molar refractivity (Wildman–Crippen MR) is 93.0 cm³/mol. The minimum Gasteiger partial charge on any atom is -0.491 e. The second-order valence-corrected chi connectivity index (χ2v) is 6.48. The Morgan fingerprint density at radius 2 is 2.00 bits per heavy atom. The zero-order valence-corrected chi connectivity index (χ0v) is 14.5. The molecule has 1 heterocycles. The van der Waals surface area contributed by atoms with Crippen molar-refractivity contribution < 1.29 is 9.53 Å². The fourth-order valence-corrected chi connectivity index (χ4v) is 2.73. The number of nitrogens with one attached hydrogen (secondary N) is 2. The third-order valence-corrected chi connectivity index (χ3v) is 4.12. The lowest BCUT2D eigenvalue weighted by Crippen LogP contribution is -2.38. The van der Waals surface area contributed by atoms with E-state index in [2.05, 4.69) is 15.6 Å². The molecule has 0 bridgehead atoms. The van der Waals surface area contributed by atoms with Crippen molar-refractivity contribution in [2.24, 2.45) is 0 Å². The van der Waals surface area contributed by atoms with Gasteiger partial charge in [-0.25, -0.2) is 9.78 Å². The van der Waals surface area contributed by atoms with Crippen molar-refractivity contribution in [3.05, 3.63) is 46.4 Å². The van der Waals surface area contributed by atoms with Gasteiger partial charge in [0.2, 0.25) is 0 Å². The van der Waals surface area contributed by atoms with E-state index in [9.17, 15) is 4.79 Å². The number of rotatable bonds is 7. The van der Waals surface area contributed by atoms with Crippen LogP contribution in [0.15, 0.2) is 35.8 Å². The van der Waals surface area contributed by atoms with Gasteiger partial charge in [-0.15, -0.1) is 11.3 Å². The number of urea groups is 1. The number of hydrogen-bond acceptors (Lipinski definition) is 4. The maximum atomic E-state index is 11.8. The lowest BCUT2D eigenvalue weighted by atomic mass is 10.1. The highest BCUT2D eigenvalue weighted by Gasteiger charge is 2.10. The molecule has 0 saturated carbocycles. The van der Waals surface area contributed by atoms with Crippen LogP contribution < -0.4 is 15.4 Å². The number of hydrogen-bond donors (Lipinski definition) is 2. The zero-order valence-electron chi connectivity index (χ0n) is 13.7. The summed E-state index contributed by atoms with van der Waals surface area (Å²) in [5.74, 6) is 0.867. The Morgan fingerprint density at radius 3 is 2.61 bits per heavy atom. The van der Waals surface area contributed by atoms with E-state index < -0.39 is 0 Å². The summed E-state index contributed by atoms with van der Waals surface area (Å²) >= 11 is 1.53. The third kappa shape index (κ3) is 5.90. The molecule has 0 saturated heterocycles. The van der Waals surface area contributed by atoms with Crippen molar-refractivity contribution in [3.8, 4) is 5.75 Å². The van der Waals surface area contributed by atoms with Crippen molar-refractivity contribution >= 4 is 17.4 Å². The molecule has 23 heavy (non-hydrogen) atoms. The average molecular weight is 333 g/mol. The Hall–Kier alpha value is -2.08. The van der Waals surface area contributed by atoms with E-state index in [4.69, 9.17) is 4.74 Å². The van der Waals surface area contributed by atoms with E-state index in [1.54, 1.807) is 6.20 Å². The van der Waals surface area contributed by atoms with Gasteiger partial charge in [0.05, 0.1) is 12.1 Å². The quantitative estimate of drug-likeness (QED) is 0.815. The number of aromatic nitrogens is 1. The first-order valence-corrected chi connectivity index (χ1v) is 8.62. The van der Waals surface area contributed by atoms with Crippen molar-refractivity contribution in [2.75, 3.05) is 6.54 Å². The topological polar surface area (TPSA) is 63.2 Å². The third-order valence-electron chi connectivity index (χ3n) is 3.16. The summed E-state index contributed by atoms with van der Waals surface area (Å²) in [6, 6.07) is 7.71. The first-order chi connectivity index (χ1) is 11.0. The number of amides is 2. The lowest BCUT2D eigenvalue weighted by Gasteiger charge is -2.13. The van der Waals surface area contributed by atoms with Gasteiger partial charge in [-0.2, -0.15) is 0 Å². The second kappa shape index (κ2) is 8.53. The highest BCUT2D eigenvalue weighted by atomic mass is 32.1. The number of benzene rings is 1. The van der Waals surface area contributed by atoms with Gasteiger partial charge in [0.1, 0.15) is 10.8 Å². The summed E-state index contributed by atoms with van der Waals surface area (Å²) in [5.41, 5.74) is 1.16. The van der Waals surface area contributed by atoms with Gasteiger partial charge in [-0.3, -0.25) is 0 Å². The molecule has 0 aliphatic rings. The highest BCUT2D eigenvalue weighted by molar-refractivity contribution is 7.09. The first-order valence-electron chi connectivity index (χ1n) is 7.74. The van der Waals surface area contributed by atoms with Crippen LogP contribution in [0.4, 0.5) is 4.79 Å². The van der Waals surface area contributed by atoms with Gasteiger partial charge in [0.25, 0.3) is 0 Å². The molecule has 0 fully saturated rings. The Balaban J connectivity index is 1.71. The Morgan fingerprint density at radius 1 is 1.26 bits per heavy atom. The van der Waals surface area contributed by atoms with Crippen molar-refractivity contribution in [1.29, 1.82) is 0 Å². The van der Waals surface area contributed by atoms with Crippen LogP contribution in [0.2, 0.25) is 0 Å². The SMILES string of the molecule is CC(C)Oc1ccc(CCNC(=O)N[C@@H](C)c2nccs2)cc1. The smallest absolute Gasteiger partial charge is 0.315 e. The van der Waals surface area contributed by atoms with Gasteiger partial charge < -0.3 is 15.4 Å². The number of carbonyl (C=O) groups is 1. The molecule has 0 radical (unpaired) electrons. The summed E-state index contributed by atoms with van der Waals surface area (Å²) < 4.78 is 5.61. The molecule has 1 aromatic carbocycles. The molecule has 5 nitrogen and oxygen atoms in total. The van der Waals surface area contributed by atoms with Crippen LogP contribution in [-0.4, -0.2) is 23.7 Å². The largest absolute Gasteiger partial charge is 0.491 e. The van der Waals surface area contributed by atoms with E-state index in [1.165, 1.54) is 11.3 Å². The fourth-order valence-electron chi connectivity index (χ4n) is 2.08. The molecule has 2 amide bonds. The predicted octanol–water partition coefficient (Wildman–Crippen LogP) is 3.53. The maximum Gasteiger partial charge on any atom is 0.315 e. The van der Waals surface area contributed by atoms with Gasteiger partial charge in [-0.1, -0.05) is 12.1 Å². The zero-order chi connectivity index (χ0) is 16.7. The van der Waals surface area contributed by atoms with Crippen molar-refractivity contribution in [1.82, 2.24) is 15.6 Å². The number of carbonyl (C=O) groups excluding carboxylic acids is 1. The molecule has 2 aromatic rings. The number of nitrogens with zero attached hydrogens (tertiary/aromatic N) is 1. The maximum absolute atomic E-state index is 11.8. The van der Waals surface area contributed by atoms with E-state index >= 15 is 0 Å².